The first-order valence-corrected chi connectivity index (χ1v) is 6.00. The molecule has 0 atom stereocenters. The van der Waals surface area contributed by atoms with E-state index in [1.807, 2.05) is 12.1 Å². The molecule has 2 rings (SSSR count). The van der Waals surface area contributed by atoms with Gasteiger partial charge in [0, 0.05) is 0 Å². The molecular weight excluding hydrogens is 216 g/mol. The van der Waals surface area contributed by atoms with Gasteiger partial charge < -0.3 is 9.47 Å². The maximum absolute atomic E-state index is 11.9. The van der Waals surface area contributed by atoms with Crippen LogP contribution in [-0.4, -0.2) is 18.7 Å². The second-order valence-electron chi connectivity index (χ2n) is 4.38. The Morgan fingerprint density at radius 3 is 2.47 bits per heavy atom. The van der Waals surface area contributed by atoms with Crippen LogP contribution in [0.1, 0.15) is 32.1 Å². The van der Waals surface area contributed by atoms with Gasteiger partial charge in [-0.05, 0) is 43.9 Å². The van der Waals surface area contributed by atoms with Gasteiger partial charge in [0.15, 0.2) is 0 Å². The first-order chi connectivity index (χ1) is 8.27. The molecule has 0 unspecified atom stereocenters. The zero-order valence-electron chi connectivity index (χ0n) is 10.1. The van der Waals surface area contributed by atoms with Crippen molar-refractivity contribution in [2.75, 3.05) is 7.11 Å². The number of esters is 1. The lowest BCUT2D eigenvalue weighted by Gasteiger charge is -2.34. The van der Waals surface area contributed by atoms with Crippen molar-refractivity contribution in [1.82, 2.24) is 0 Å². The molecule has 0 amide bonds. The summed E-state index contributed by atoms with van der Waals surface area (Å²) in [5, 5.41) is 0. The average Bonchev–Trinajstić information content (AvgIpc) is 2.40. The van der Waals surface area contributed by atoms with Gasteiger partial charge in [0.1, 0.15) is 5.75 Å². The molecule has 1 aliphatic carbocycles. The maximum atomic E-state index is 11.9. The number of benzene rings is 1. The van der Waals surface area contributed by atoms with E-state index in [0.29, 0.717) is 5.75 Å². The molecule has 0 spiro atoms. The first-order valence-electron chi connectivity index (χ1n) is 6.00. The van der Waals surface area contributed by atoms with Crippen LogP contribution in [0, 0.1) is 6.07 Å². The molecule has 1 radical (unpaired) electrons. The van der Waals surface area contributed by atoms with Crippen molar-refractivity contribution in [3.8, 4) is 5.75 Å². The molecule has 0 aliphatic heterocycles. The van der Waals surface area contributed by atoms with Gasteiger partial charge in [-0.25, -0.2) is 4.79 Å². The molecule has 1 aliphatic rings. The molecule has 1 aromatic carbocycles. The SMILES string of the molecule is COC(=O)C1(Oc2cc[c]cc2)CCCCC1. The highest BCUT2D eigenvalue weighted by Gasteiger charge is 2.43. The predicted molar refractivity (Wildman–Crippen MR) is 63.7 cm³/mol. The Morgan fingerprint density at radius 1 is 1.24 bits per heavy atom. The number of rotatable bonds is 3. The van der Waals surface area contributed by atoms with Crippen molar-refractivity contribution < 1.29 is 14.3 Å². The van der Waals surface area contributed by atoms with Crippen LogP contribution in [-0.2, 0) is 9.53 Å². The van der Waals surface area contributed by atoms with Crippen LogP contribution in [0.15, 0.2) is 24.3 Å². The molecule has 3 nitrogen and oxygen atoms in total. The molecule has 0 N–H and O–H groups in total. The number of ether oxygens (including phenoxy) is 2. The summed E-state index contributed by atoms with van der Waals surface area (Å²) in [6.07, 6.45) is 4.64. The molecular formula is C14H17O3. The van der Waals surface area contributed by atoms with Crippen molar-refractivity contribution >= 4 is 5.97 Å². The van der Waals surface area contributed by atoms with E-state index in [2.05, 4.69) is 6.07 Å². The van der Waals surface area contributed by atoms with Crippen molar-refractivity contribution in [2.24, 2.45) is 0 Å². The lowest BCUT2D eigenvalue weighted by atomic mass is 9.84. The fourth-order valence-electron chi connectivity index (χ4n) is 2.32. The summed E-state index contributed by atoms with van der Waals surface area (Å²) in [4.78, 5) is 11.9. The van der Waals surface area contributed by atoms with E-state index in [0.717, 1.165) is 32.1 Å². The van der Waals surface area contributed by atoms with E-state index in [9.17, 15) is 4.79 Å². The Morgan fingerprint density at radius 2 is 1.88 bits per heavy atom. The molecule has 1 saturated carbocycles. The highest BCUT2D eigenvalue weighted by atomic mass is 16.6. The van der Waals surface area contributed by atoms with Crippen LogP contribution in [0.5, 0.6) is 5.75 Å². The minimum Gasteiger partial charge on any atom is -0.476 e. The van der Waals surface area contributed by atoms with E-state index >= 15 is 0 Å². The fourth-order valence-corrected chi connectivity index (χ4v) is 2.32. The quantitative estimate of drug-likeness (QED) is 0.753. The minimum absolute atomic E-state index is 0.259. The molecule has 0 aromatic heterocycles. The lowest BCUT2D eigenvalue weighted by molar-refractivity contribution is -0.162. The van der Waals surface area contributed by atoms with Gasteiger partial charge in [-0.15, -0.1) is 0 Å². The van der Waals surface area contributed by atoms with Gasteiger partial charge in [0.2, 0.25) is 5.60 Å². The fraction of sp³-hybridized carbons (Fsp3) is 0.500. The Bertz CT molecular complexity index is 366. The van der Waals surface area contributed by atoms with Crippen molar-refractivity contribution in [2.45, 2.75) is 37.7 Å². The average molecular weight is 233 g/mol. The minimum atomic E-state index is -0.783. The third-order valence-electron chi connectivity index (χ3n) is 3.22. The van der Waals surface area contributed by atoms with Gasteiger partial charge in [-0.3, -0.25) is 0 Å². The van der Waals surface area contributed by atoms with Crippen LogP contribution < -0.4 is 4.74 Å². The van der Waals surface area contributed by atoms with E-state index in [1.165, 1.54) is 7.11 Å². The number of carbonyl (C=O) groups is 1. The number of carbonyl (C=O) groups excluding carboxylic acids is 1. The number of hydrogen-bond acceptors (Lipinski definition) is 3. The Kier molecular flexibility index (Phi) is 3.67. The highest BCUT2D eigenvalue weighted by molar-refractivity contribution is 5.80. The van der Waals surface area contributed by atoms with Crippen molar-refractivity contribution in [3.05, 3.63) is 30.3 Å². The van der Waals surface area contributed by atoms with Crippen LogP contribution in [0.25, 0.3) is 0 Å². The van der Waals surface area contributed by atoms with Gasteiger partial charge in [0.05, 0.1) is 7.11 Å². The third kappa shape index (κ3) is 2.60. The predicted octanol–water partition coefficient (Wildman–Crippen LogP) is 2.74. The summed E-state index contributed by atoms with van der Waals surface area (Å²) in [5.74, 6) is 0.445. The van der Waals surface area contributed by atoms with Gasteiger partial charge in [-0.2, -0.15) is 0 Å². The Labute approximate surface area is 102 Å². The zero-order valence-corrected chi connectivity index (χ0v) is 10.1. The monoisotopic (exact) mass is 233 g/mol. The molecule has 0 saturated heterocycles. The molecule has 3 heteroatoms. The smallest absolute Gasteiger partial charge is 0.350 e. The standard InChI is InChI=1S/C14H17O3/c1-16-13(15)14(10-6-3-7-11-14)17-12-8-4-2-5-9-12/h4-5,8-9H,3,6-7,10-11H2,1H3. The van der Waals surface area contributed by atoms with Gasteiger partial charge in [0.25, 0.3) is 0 Å². The number of hydrogen-bond donors (Lipinski definition) is 0. The molecule has 0 bridgehead atoms. The number of methoxy groups -OCH3 is 1. The van der Waals surface area contributed by atoms with Crippen LogP contribution in [0.2, 0.25) is 0 Å². The molecule has 91 valence electrons. The first kappa shape index (κ1) is 12.0. The van der Waals surface area contributed by atoms with Crippen LogP contribution in [0.3, 0.4) is 0 Å². The normalized spacial score (nSPS) is 18.4. The largest absolute Gasteiger partial charge is 0.476 e. The summed E-state index contributed by atoms with van der Waals surface area (Å²) in [5.41, 5.74) is -0.783. The molecule has 1 fully saturated rings. The van der Waals surface area contributed by atoms with Gasteiger partial charge in [-0.1, -0.05) is 18.6 Å². The zero-order chi connectivity index (χ0) is 12.1. The molecule has 17 heavy (non-hydrogen) atoms. The van der Waals surface area contributed by atoms with Crippen LogP contribution in [0.4, 0.5) is 0 Å². The Hall–Kier alpha value is -1.51. The summed E-state index contributed by atoms with van der Waals surface area (Å²) < 4.78 is 10.8. The van der Waals surface area contributed by atoms with E-state index in [4.69, 9.17) is 9.47 Å². The van der Waals surface area contributed by atoms with E-state index in [1.54, 1.807) is 12.1 Å². The molecule has 1 aromatic rings. The highest BCUT2D eigenvalue weighted by Crippen LogP contribution is 2.33. The second-order valence-corrected chi connectivity index (χ2v) is 4.38. The Balaban J connectivity index is 2.19. The lowest BCUT2D eigenvalue weighted by Crippen LogP contribution is -2.47. The maximum Gasteiger partial charge on any atom is 0.350 e. The van der Waals surface area contributed by atoms with Crippen LogP contribution >= 0.6 is 0 Å². The third-order valence-corrected chi connectivity index (χ3v) is 3.22. The van der Waals surface area contributed by atoms with Gasteiger partial charge >= 0.3 is 5.97 Å². The summed E-state index contributed by atoms with van der Waals surface area (Å²) in [7, 11) is 1.42. The van der Waals surface area contributed by atoms with Crippen molar-refractivity contribution in [1.29, 1.82) is 0 Å². The second kappa shape index (κ2) is 5.21. The molecule has 0 heterocycles. The summed E-state index contributed by atoms with van der Waals surface area (Å²) >= 11 is 0. The van der Waals surface area contributed by atoms with Crippen molar-refractivity contribution in [3.63, 3.8) is 0 Å². The summed E-state index contributed by atoms with van der Waals surface area (Å²) in [6.45, 7) is 0. The topological polar surface area (TPSA) is 35.5 Å². The van der Waals surface area contributed by atoms with E-state index < -0.39 is 5.60 Å². The van der Waals surface area contributed by atoms with E-state index in [-0.39, 0.29) is 5.97 Å². The summed E-state index contributed by atoms with van der Waals surface area (Å²) in [6, 6.07) is 10.1.